The van der Waals surface area contributed by atoms with Crippen molar-refractivity contribution in [1.29, 1.82) is 0 Å². The summed E-state index contributed by atoms with van der Waals surface area (Å²) in [5.41, 5.74) is 0.700. The minimum atomic E-state index is -3.83. The van der Waals surface area contributed by atoms with Gasteiger partial charge in [0.15, 0.2) is 11.5 Å². The van der Waals surface area contributed by atoms with Gasteiger partial charge in [-0.2, -0.15) is 0 Å². The molecular formula is C20H24N2O6S. The molecule has 1 aliphatic heterocycles. The molecule has 1 N–H and O–H groups in total. The van der Waals surface area contributed by atoms with Gasteiger partial charge in [-0.05, 0) is 43.3 Å². The molecule has 3 rings (SSSR count). The summed E-state index contributed by atoms with van der Waals surface area (Å²) in [7, 11) is -0.916. The summed E-state index contributed by atoms with van der Waals surface area (Å²) in [4.78, 5) is 14.0. The van der Waals surface area contributed by atoms with E-state index in [0.29, 0.717) is 29.5 Å². The zero-order valence-corrected chi connectivity index (χ0v) is 17.4. The second kappa shape index (κ2) is 8.71. The Bertz CT molecular complexity index is 975. The molecule has 1 aliphatic rings. The molecule has 0 spiro atoms. The molecular weight excluding hydrogens is 396 g/mol. The summed E-state index contributed by atoms with van der Waals surface area (Å²) in [5.74, 6) is 1.32. The van der Waals surface area contributed by atoms with Crippen molar-refractivity contribution in [2.24, 2.45) is 0 Å². The van der Waals surface area contributed by atoms with Crippen molar-refractivity contribution in [3.8, 4) is 17.2 Å². The molecule has 0 radical (unpaired) electrons. The van der Waals surface area contributed by atoms with Crippen molar-refractivity contribution in [2.45, 2.75) is 24.3 Å². The molecule has 1 saturated heterocycles. The molecule has 2 aromatic carbocycles. The predicted octanol–water partition coefficient (Wildman–Crippen LogP) is 2.19. The molecule has 0 bridgehead atoms. The third-order valence-electron chi connectivity index (χ3n) is 4.57. The van der Waals surface area contributed by atoms with E-state index in [4.69, 9.17) is 14.2 Å². The van der Waals surface area contributed by atoms with Gasteiger partial charge in [-0.25, -0.2) is 13.1 Å². The number of ether oxygens (including phenoxy) is 3. The lowest BCUT2D eigenvalue weighted by Crippen LogP contribution is -2.37. The summed E-state index contributed by atoms with van der Waals surface area (Å²) in [6, 6.07) is 11.0. The summed E-state index contributed by atoms with van der Waals surface area (Å²) in [6.45, 7) is 2.70. The molecule has 1 amide bonds. The number of anilines is 1. The lowest BCUT2D eigenvalue weighted by molar-refractivity contribution is -0.117. The average Bonchev–Trinajstić information content (AvgIpc) is 3.07. The zero-order chi connectivity index (χ0) is 21.0. The van der Waals surface area contributed by atoms with Gasteiger partial charge in [0, 0.05) is 30.8 Å². The van der Waals surface area contributed by atoms with Gasteiger partial charge < -0.3 is 19.1 Å². The molecule has 156 valence electrons. The smallest absolute Gasteiger partial charge is 0.241 e. The number of benzene rings is 2. The highest BCUT2D eigenvalue weighted by atomic mass is 32.2. The number of carbonyl (C=O) groups excluding carboxylic acids is 1. The first-order valence-electron chi connectivity index (χ1n) is 9.15. The van der Waals surface area contributed by atoms with Crippen molar-refractivity contribution in [2.75, 3.05) is 32.3 Å². The first kappa shape index (κ1) is 20.9. The van der Waals surface area contributed by atoms with Crippen molar-refractivity contribution < 1.29 is 27.4 Å². The molecule has 8 nitrogen and oxygen atoms in total. The van der Waals surface area contributed by atoms with Crippen LogP contribution in [-0.4, -0.2) is 47.7 Å². The number of hydrogen-bond acceptors (Lipinski definition) is 6. The topological polar surface area (TPSA) is 94.2 Å². The number of carbonyl (C=O) groups is 1. The lowest BCUT2D eigenvalue weighted by Gasteiger charge is -2.18. The molecule has 1 atom stereocenters. The Morgan fingerprint density at radius 2 is 1.76 bits per heavy atom. The Balaban J connectivity index is 1.73. The third kappa shape index (κ3) is 4.63. The van der Waals surface area contributed by atoms with Crippen LogP contribution in [0.2, 0.25) is 0 Å². The van der Waals surface area contributed by atoms with Gasteiger partial charge in [-0.15, -0.1) is 0 Å². The molecule has 1 heterocycles. The summed E-state index contributed by atoms with van der Waals surface area (Å²) < 4.78 is 43.9. The van der Waals surface area contributed by atoms with Crippen LogP contribution in [0.15, 0.2) is 47.4 Å². The second-order valence-corrected chi connectivity index (χ2v) is 8.18. The minimum absolute atomic E-state index is 0.0436. The van der Waals surface area contributed by atoms with Crippen LogP contribution in [0, 0.1) is 0 Å². The number of methoxy groups -OCH3 is 2. The SMILES string of the molecule is CCOc1ccc(N2C[C@@H](NS(=O)(=O)c3ccc(OC)c(OC)c3)CC2=O)cc1. The summed E-state index contributed by atoms with van der Waals surface area (Å²) in [6.07, 6.45) is 0.0831. The van der Waals surface area contributed by atoms with Crippen molar-refractivity contribution in [1.82, 2.24) is 4.72 Å². The third-order valence-corrected chi connectivity index (χ3v) is 6.09. The lowest BCUT2D eigenvalue weighted by atomic mass is 10.3. The predicted molar refractivity (Wildman–Crippen MR) is 108 cm³/mol. The first-order chi connectivity index (χ1) is 13.9. The maximum absolute atomic E-state index is 12.8. The number of sulfonamides is 1. The Labute approximate surface area is 170 Å². The van der Waals surface area contributed by atoms with E-state index >= 15 is 0 Å². The van der Waals surface area contributed by atoms with E-state index in [-0.39, 0.29) is 23.8 Å². The number of amides is 1. The Hall–Kier alpha value is -2.78. The highest BCUT2D eigenvalue weighted by Crippen LogP contribution is 2.30. The van der Waals surface area contributed by atoms with Gasteiger partial charge in [0.05, 0.1) is 25.7 Å². The maximum atomic E-state index is 12.8. The van der Waals surface area contributed by atoms with Gasteiger partial charge >= 0.3 is 0 Å². The molecule has 0 saturated carbocycles. The summed E-state index contributed by atoms with van der Waals surface area (Å²) >= 11 is 0. The molecule has 29 heavy (non-hydrogen) atoms. The largest absolute Gasteiger partial charge is 0.494 e. The van der Waals surface area contributed by atoms with Gasteiger partial charge in [-0.1, -0.05) is 0 Å². The Kier molecular flexibility index (Phi) is 6.29. The van der Waals surface area contributed by atoms with Crippen LogP contribution in [0.5, 0.6) is 17.2 Å². The monoisotopic (exact) mass is 420 g/mol. The van der Waals surface area contributed by atoms with Crippen LogP contribution in [0.4, 0.5) is 5.69 Å². The van der Waals surface area contributed by atoms with Crippen LogP contribution < -0.4 is 23.8 Å². The zero-order valence-electron chi connectivity index (χ0n) is 16.5. The minimum Gasteiger partial charge on any atom is -0.494 e. The fourth-order valence-electron chi connectivity index (χ4n) is 3.20. The molecule has 9 heteroatoms. The van der Waals surface area contributed by atoms with Gasteiger partial charge in [0.2, 0.25) is 15.9 Å². The molecule has 0 aromatic heterocycles. The van der Waals surface area contributed by atoms with E-state index in [0.717, 1.165) is 0 Å². The molecule has 1 fully saturated rings. The van der Waals surface area contributed by atoms with Crippen LogP contribution >= 0.6 is 0 Å². The first-order valence-corrected chi connectivity index (χ1v) is 10.6. The second-order valence-electron chi connectivity index (χ2n) is 6.47. The van der Waals surface area contributed by atoms with E-state index in [9.17, 15) is 13.2 Å². The summed E-state index contributed by atoms with van der Waals surface area (Å²) in [5, 5.41) is 0. The number of hydrogen-bond donors (Lipinski definition) is 1. The van der Waals surface area contributed by atoms with E-state index in [2.05, 4.69) is 4.72 Å². The van der Waals surface area contributed by atoms with E-state index in [1.165, 1.54) is 32.4 Å². The molecule has 0 unspecified atom stereocenters. The number of rotatable bonds is 8. The van der Waals surface area contributed by atoms with Crippen LogP contribution in [0.1, 0.15) is 13.3 Å². The quantitative estimate of drug-likeness (QED) is 0.704. The molecule has 0 aliphatic carbocycles. The van der Waals surface area contributed by atoms with Crippen LogP contribution in [0.25, 0.3) is 0 Å². The van der Waals surface area contributed by atoms with Gasteiger partial charge in [0.1, 0.15) is 5.75 Å². The van der Waals surface area contributed by atoms with E-state index < -0.39 is 16.1 Å². The average molecular weight is 420 g/mol. The number of nitrogens with zero attached hydrogens (tertiary/aromatic N) is 1. The number of nitrogens with one attached hydrogen (secondary N) is 1. The van der Waals surface area contributed by atoms with Crippen molar-refractivity contribution >= 4 is 21.6 Å². The highest BCUT2D eigenvalue weighted by molar-refractivity contribution is 7.89. The van der Waals surface area contributed by atoms with Crippen LogP contribution in [-0.2, 0) is 14.8 Å². The van der Waals surface area contributed by atoms with E-state index in [1.807, 2.05) is 6.92 Å². The van der Waals surface area contributed by atoms with Crippen LogP contribution in [0.3, 0.4) is 0 Å². The Morgan fingerprint density at radius 3 is 2.38 bits per heavy atom. The van der Waals surface area contributed by atoms with Crippen molar-refractivity contribution in [3.05, 3.63) is 42.5 Å². The van der Waals surface area contributed by atoms with Crippen molar-refractivity contribution in [3.63, 3.8) is 0 Å². The van der Waals surface area contributed by atoms with Gasteiger partial charge in [0.25, 0.3) is 0 Å². The Morgan fingerprint density at radius 1 is 1.07 bits per heavy atom. The normalized spacial score (nSPS) is 16.7. The molecule has 2 aromatic rings. The fraction of sp³-hybridized carbons (Fsp3) is 0.350. The highest BCUT2D eigenvalue weighted by Gasteiger charge is 2.33. The standard InChI is InChI=1S/C20H24N2O6S/c1-4-28-16-7-5-15(6-8-16)22-13-14(11-20(22)23)21-29(24,25)17-9-10-18(26-2)19(12-17)27-3/h5-10,12,14,21H,4,11,13H2,1-3H3/t14-/m0/s1. The fourth-order valence-corrected chi connectivity index (χ4v) is 4.44. The van der Waals surface area contributed by atoms with E-state index in [1.54, 1.807) is 29.2 Å². The maximum Gasteiger partial charge on any atom is 0.241 e. The van der Waals surface area contributed by atoms with Gasteiger partial charge in [-0.3, -0.25) is 4.79 Å².